The number of imidazole rings is 1. The summed E-state index contributed by atoms with van der Waals surface area (Å²) in [5, 5.41) is 9.53. The molecule has 0 radical (unpaired) electrons. The summed E-state index contributed by atoms with van der Waals surface area (Å²) in [6.45, 7) is 6.79. The van der Waals surface area contributed by atoms with Crippen molar-refractivity contribution in [2.45, 2.75) is 63.6 Å². The zero-order valence-corrected chi connectivity index (χ0v) is 14.9. The predicted molar refractivity (Wildman–Crippen MR) is 92.4 cm³/mol. The van der Waals surface area contributed by atoms with Gasteiger partial charge in [0.25, 0.3) is 0 Å². The Morgan fingerprint density at radius 2 is 2.28 bits per heavy atom. The number of aromatic carboxylic acids is 1. The largest absolute Gasteiger partial charge is 0.490 e. The van der Waals surface area contributed by atoms with Crippen LogP contribution in [0.5, 0.6) is 5.75 Å². The standard InChI is InChI=1S/C19H24N2O4/c1-4-12(2)25-14-7-16-20-15(9-21(16)8-13(14)17(22)23)19-6-5-18(3,10-19)24-11-19/h7-9,12H,4-6,10-11H2,1-3H3,(H,22,23)/t12?,18-,19-/m0/s1. The van der Waals surface area contributed by atoms with Crippen molar-refractivity contribution in [2.24, 2.45) is 0 Å². The van der Waals surface area contributed by atoms with Crippen LogP contribution in [0.1, 0.15) is 62.5 Å². The van der Waals surface area contributed by atoms with Crippen molar-refractivity contribution in [2.75, 3.05) is 6.61 Å². The molecule has 2 bridgehead atoms. The van der Waals surface area contributed by atoms with Gasteiger partial charge in [-0.2, -0.15) is 0 Å². The highest BCUT2D eigenvalue weighted by Crippen LogP contribution is 2.53. The van der Waals surface area contributed by atoms with Gasteiger partial charge < -0.3 is 19.0 Å². The smallest absolute Gasteiger partial charge is 0.341 e. The number of ether oxygens (including phenoxy) is 2. The number of pyridine rings is 1. The minimum Gasteiger partial charge on any atom is -0.490 e. The van der Waals surface area contributed by atoms with Gasteiger partial charge >= 0.3 is 5.97 Å². The molecule has 6 nitrogen and oxygen atoms in total. The Hall–Kier alpha value is -2.08. The summed E-state index contributed by atoms with van der Waals surface area (Å²) in [5.74, 6) is -0.616. The van der Waals surface area contributed by atoms with E-state index in [1.165, 1.54) is 0 Å². The van der Waals surface area contributed by atoms with Gasteiger partial charge in [-0.05, 0) is 39.5 Å². The van der Waals surface area contributed by atoms with Gasteiger partial charge in [0.2, 0.25) is 0 Å². The third-order valence-corrected chi connectivity index (χ3v) is 5.77. The second-order valence-electron chi connectivity index (χ2n) is 7.78. The van der Waals surface area contributed by atoms with Gasteiger partial charge in [0.05, 0.1) is 24.0 Å². The molecule has 0 aromatic carbocycles. The lowest BCUT2D eigenvalue weighted by molar-refractivity contribution is -0.00627. The molecule has 134 valence electrons. The minimum absolute atomic E-state index is 0.0349. The maximum absolute atomic E-state index is 11.6. The van der Waals surface area contributed by atoms with E-state index in [1.807, 2.05) is 20.0 Å². The van der Waals surface area contributed by atoms with E-state index in [-0.39, 0.29) is 22.7 Å². The lowest BCUT2D eigenvalue weighted by Crippen LogP contribution is -2.26. The van der Waals surface area contributed by atoms with Gasteiger partial charge in [-0.15, -0.1) is 0 Å². The quantitative estimate of drug-likeness (QED) is 0.900. The first-order valence-electron chi connectivity index (χ1n) is 8.91. The number of carboxylic acids is 1. The molecule has 2 aromatic rings. The van der Waals surface area contributed by atoms with E-state index in [0.717, 1.165) is 31.4 Å². The highest BCUT2D eigenvalue weighted by molar-refractivity contribution is 5.91. The molecule has 2 aromatic heterocycles. The number of hydrogen-bond acceptors (Lipinski definition) is 4. The van der Waals surface area contributed by atoms with Gasteiger partial charge in [-0.3, -0.25) is 0 Å². The zero-order valence-electron chi connectivity index (χ0n) is 14.9. The van der Waals surface area contributed by atoms with E-state index >= 15 is 0 Å². The Morgan fingerprint density at radius 1 is 1.48 bits per heavy atom. The van der Waals surface area contributed by atoms with Gasteiger partial charge in [-0.1, -0.05) is 6.92 Å². The molecule has 1 unspecified atom stereocenters. The Morgan fingerprint density at radius 3 is 2.84 bits per heavy atom. The third-order valence-electron chi connectivity index (χ3n) is 5.77. The molecule has 1 saturated carbocycles. The summed E-state index contributed by atoms with van der Waals surface area (Å²) in [6.07, 6.45) is 7.41. The van der Waals surface area contributed by atoms with Crippen molar-refractivity contribution in [3.63, 3.8) is 0 Å². The molecule has 0 amide bonds. The molecular formula is C19H24N2O4. The van der Waals surface area contributed by atoms with Crippen LogP contribution >= 0.6 is 0 Å². The van der Waals surface area contributed by atoms with Gasteiger partial charge in [0.15, 0.2) is 0 Å². The highest BCUT2D eigenvalue weighted by Gasteiger charge is 2.55. The lowest BCUT2D eigenvalue weighted by atomic mass is 9.84. The van der Waals surface area contributed by atoms with Crippen molar-refractivity contribution in [1.29, 1.82) is 0 Å². The summed E-state index contributed by atoms with van der Waals surface area (Å²) in [6, 6.07) is 1.74. The number of aromatic nitrogens is 2. The topological polar surface area (TPSA) is 73.1 Å². The van der Waals surface area contributed by atoms with Crippen LogP contribution in [0.25, 0.3) is 5.65 Å². The van der Waals surface area contributed by atoms with E-state index in [2.05, 4.69) is 6.92 Å². The van der Waals surface area contributed by atoms with Crippen molar-refractivity contribution >= 4 is 11.6 Å². The lowest BCUT2D eigenvalue weighted by Gasteiger charge is -2.24. The maximum Gasteiger partial charge on any atom is 0.341 e. The molecule has 3 heterocycles. The monoisotopic (exact) mass is 344 g/mol. The maximum atomic E-state index is 11.6. The van der Waals surface area contributed by atoms with Gasteiger partial charge in [0.1, 0.15) is 17.0 Å². The van der Waals surface area contributed by atoms with Gasteiger partial charge in [-0.25, -0.2) is 9.78 Å². The average Bonchev–Trinajstić information content (AvgIpc) is 3.24. The Bertz CT molecular complexity index is 833. The van der Waals surface area contributed by atoms with Crippen LogP contribution in [-0.2, 0) is 10.2 Å². The summed E-state index contributed by atoms with van der Waals surface area (Å²) in [5.41, 5.74) is 1.79. The molecule has 25 heavy (non-hydrogen) atoms. The Kier molecular flexibility index (Phi) is 3.58. The molecule has 1 aliphatic carbocycles. The summed E-state index contributed by atoms with van der Waals surface area (Å²) < 4.78 is 13.6. The van der Waals surface area contributed by atoms with Crippen LogP contribution in [-0.4, -0.2) is 38.8 Å². The SMILES string of the molecule is CCC(C)Oc1cc2nc([C@@]34CC[C@@](C)(C3)OC4)cn2cc1C(=O)O. The first-order valence-corrected chi connectivity index (χ1v) is 8.91. The molecule has 2 fully saturated rings. The zero-order chi connectivity index (χ0) is 17.8. The molecule has 6 heteroatoms. The van der Waals surface area contributed by atoms with Crippen LogP contribution in [0.2, 0.25) is 0 Å². The fourth-order valence-corrected chi connectivity index (χ4v) is 4.08. The van der Waals surface area contributed by atoms with Crippen LogP contribution in [0.4, 0.5) is 0 Å². The molecule has 1 saturated heterocycles. The second-order valence-corrected chi connectivity index (χ2v) is 7.78. The number of rotatable bonds is 5. The van der Waals surface area contributed by atoms with E-state index in [4.69, 9.17) is 14.5 Å². The molecular weight excluding hydrogens is 320 g/mol. The first kappa shape index (κ1) is 16.4. The van der Waals surface area contributed by atoms with Crippen LogP contribution in [0.3, 0.4) is 0 Å². The highest BCUT2D eigenvalue weighted by atomic mass is 16.5. The summed E-state index contributed by atoms with van der Waals surface area (Å²) >= 11 is 0. The molecule has 1 aliphatic heterocycles. The van der Waals surface area contributed by atoms with Crippen molar-refractivity contribution in [3.8, 4) is 5.75 Å². The number of nitrogens with zero attached hydrogens (tertiary/aromatic N) is 2. The molecule has 0 spiro atoms. The number of fused-ring (bicyclic) bond motifs is 3. The fraction of sp³-hybridized carbons (Fsp3) is 0.579. The number of hydrogen-bond donors (Lipinski definition) is 1. The third kappa shape index (κ3) is 2.59. The number of carboxylic acid groups (broad SMARTS) is 1. The molecule has 3 atom stereocenters. The van der Waals surface area contributed by atoms with Crippen LogP contribution < -0.4 is 4.74 Å². The van der Waals surface area contributed by atoms with Crippen molar-refractivity contribution in [1.82, 2.24) is 9.38 Å². The molecule has 2 aliphatic rings. The van der Waals surface area contributed by atoms with Crippen molar-refractivity contribution < 1.29 is 19.4 Å². The van der Waals surface area contributed by atoms with Crippen LogP contribution in [0.15, 0.2) is 18.5 Å². The second kappa shape index (κ2) is 5.46. The van der Waals surface area contributed by atoms with E-state index in [9.17, 15) is 9.90 Å². The van der Waals surface area contributed by atoms with Crippen LogP contribution in [0, 0.1) is 0 Å². The van der Waals surface area contributed by atoms with E-state index in [0.29, 0.717) is 18.0 Å². The van der Waals surface area contributed by atoms with Gasteiger partial charge in [0, 0.05) is 23.9 Å². The van der Waals surface area contributed by atoms with Crippen molar-refractivity contribution in [3.05, 3.63) is 29.7 Å². The Labute approximate surface area is 146 Å². The van der Waals surface area contributed by atoms with E-state index in [1.54, 1.807) is 16.7 Å². The minimum atomic E-state index is -0.994. The fourth-order valence-electron chi connectivity index (χ4n) is 4.08. The average molecular weight is 344 g/mol. The number of carbonyl (C=O) groups is 1. The Balaban J connectivity index is 1.77. The normalized spacial score (nSPS) is 29.2. The summed E-state index contributed by atoms with van der Waals surface area (Å²) in [4.78, 5) is 16.4. The van der Waals surface area contributed by atoms with E-state index < -0.39 is 5.97 Å². The predicted octanol–water partition coefficient (Wildman–Crippen LogP) is 3.42. The molecule has 4 rings (SSSR count). The summed E-state index contributed by atoms with van der Waals surface area (Å²) in [7, 11) is 0. The first-order chi connectivity index (χ1) is 11.8. The molecule has 1 N–H and O–H groups in total.